The Morgan fingerprint density at radius 3 is 1.24 bits per heavy atom. The van der Waals surface area contributed by atoms with E-state index >= 15 is 0 Å². The predicted octanol–water partition coefficient (Wildman–Crippen LogP) is 7.82. The smallest absolute Gasteiger partial charge is 0.0894 e. The van der Waals surface area contributed by atoms with E-state index in [9.17, 15) is 0 Å². The van der Waals surface area contributed by atoms with Crippen molar-refractivity contribution in [1.29, 1.82) is 0 Å². The van der Waals surface area contributed by atoms with Crippen LogP contribution in [0.3, 0.4) is 0 Å². The van der Waals surface area contributed by atoms with Crippen LogP contribution in [-0.4, -0.2) is 15.0 Å². The lowest BCUT2D eigenvalue weighted by Crippen LogP contribution is -1.93. The maximum absolute atomic E-state index is 5.02. The Hall–Kier alpha value is -4.63. The third kappa shape index (κ3) is 3.02. The summed E-state index contributed by atoms with van der Waals surface area (Å²) < 4.78 is 0. The van der Waals surface area contributed by atoms with Gasteiger partial charge in [0.2, 0.25) is 0 Å². The molecule has 3 heterocycles. The van der Waals surface area contributed by atoms with Crippen LogP contribution in [0.5, 0.6) is 0 Å². The molecule has 0 atom stereocenters. The van der Waals surface area contributed by atoms with Crippen molar-refractivity contribution in [1.82, 2.24) is 15.0 Å². The fourth-order valence-electron chi connectivity index (χ4n) is 4.72. The summed E-state index contributed by atoms with van der Waals surface area (Å²) in [6.45, 7) is 0. The van der Waals surface area contributed by atoms with E-state index in [0.29, 0.717) is 0 Å². The molecule has 7 rings (SSSR count). The van der Waals surface area contributed by atoms with Gasteiger partial charge in [-0.05, 0) is 35.0 Å². The molecule has 0 aliphatic rings. The van der Waals surface area contributed by atoms with E-state index in [-0.39, 0.29) is 0 Å². The number of fused-ring (bicyclic) bond motifs is 6. The van der Waals surface area contributed by atoms with Gasteiger partial charge >= 0.3 is 0 Å². The first-order chi connectivity index (χ1) is 16.8. The standard InChI is InChI=1S/C31H19N3/c1-3-8-24-20(6-1)12-14-22-16-18-28(33-30(22)24)26-10-5-11-27(32-26)29-19-17-23-15-13-21-7-2-4-9-25(21)31(23)34-29/h1-19H. The van der Waals surface area contributed by atoms with Crippen molar-refractivity contribution in [2.75, 3.05) is 0 Å². The van der Waals surface area contributed by atoms with E-state index < -0.39 is 0 Å². The van der Waals surface area contributed by atoms with Gasteiger partial charge in [-0.15, -0.1) is 0 Å². The molecule has 0 N–H and O–H groups in total. The molecule has 0 aliphatic carbocycles. The van der Waals surface area contributed by atoms with E-state index in [4.69, 9.17) is 15.0 Å². The van der Waals surface area contributed by atoms with Crippen LogP contribution in [0.4, 0.5) is 0 Å². The topological polar surface area (TPSA) is 38.7 Å². The third-order valence-electron chi connectivity index (χ3n) is 6.44. The summed E-state index contributed by atoms with van der Waals surface area (Å²) in [6.07, 6.45) is 0. The summed E-state index contributed by atoms with van der Waals surface area (Å²) in [5.41, 5.74) is 5.39. The number of aromatic nitrogens is 3. The zero-order valence-electron chi connectivity index (χ0n) is 18.3. The lowest BCUT2D eigenvalue weighted by molar-refractivity contribution is 1.25. The van der Waals surface area contributed by atoms with Gasteiger partial charge in [-0.1, -0.05) is 91.0 Å². The Morgan fingerprint density at radius 1 is 0.294 bits per heavy atom. The quantitative estimate of drug-likeness (QED) is 0.261. The molecule has 3 nitrogen and oxygen atoms in total. The van der Waals surface area contributed by atoms with Crippen molar-refractivity contribution in [3.63, 3.8) is 0 Å². The number of nitrogens with zero attached hydrogens (tertiary/aromatic N) is 3. The monoisotopic (exact) mass is 433 g/mol. The third-order valence-corrected chi connectivity index (χ3v) is 6.44. The molecule has 0 unspecified atom stereocenters. The van der Waals surface area contributed by atoms with Gasteiger partial charge in [0.15, 0.2) is 0 Å². The molecule has 7 aromatic rings. The van der Waals surface area contributed by atoms with Crippen molar-refractivity contribution >= 4 is 43.4 Å². The lowest BCUT2D eigenvalue weighted by atomic mass is 10.0. The van der Waals surface area contributed by atoms with Gasteiger partial charge in [0.05, 0.1) is 33.8 Å². The zero-order chi connectivity index (χ0) is 22.5. The van der Waals surface area contributed by atoms with Crippen molar-refractivity contribution in [3.8, 4) is 22.8 Å². The average Bonchev–Trinajstić information content (AvgIpc) is 2.92. The fourth-order valence-corrected chi connectivity index (χ4v) is 4.72. The highest BCUT2D eigenvalue weighted by molar-refractivity contribution is 6.06. The Morgan fingerprint density at radius 2 is 0.706 bits per heavy atom. The molecule has 0 saturated heterocycles. The van der Waals surface area contributed by atoms with Gasteiger partial charge in [0, 0.05) is 21.5 Å². The van der Waals surface area contributed by atoms with E-state index in [1.165, 1.54) is 10.8 Å². The molecule has 34 heavy (non-hydrogen) atoms. The molecule has 0 bridgehead atoms. The van der Waals surface area contributed by atoms with Crippen LogP contribution < -0.4 is 0 Å². The molecular weight excluding hydrogens is 414 g/mol. The van der Waals surface area contributed by atoms with Gasteiger partial charge in [-0.25, -0.2) is 15.0 Å². The molecule has 0 aliphatic heterocycles. The Bertz CT molecular complexity index is 1740. The summed E-state index contributed by atoms with van der Waals surface area (Å²) in [7, 11) is 0. The molecule has 3 aromatic heterocycles. The van der Waals surface area contributed by atoms with Crippen LogP contribution in [0.15, 0.2) is 115 Å². The van der Waals surface area contributed by atoms with Crippen LogP contribution in [0.1, 0.15) is 0 Å². The number of benzene rings is 4. The normalized spacial score (nSPS) is 11.5. The first-order valence-corrected chi connectivity index (χ1v) is 11.4. The van der Waals surface area contributed by atoms with Gasteiger partial charge < -0.3 is 0 Å². The SMILES string of the molecule is c1cc(-c2ccc3ccc4ccccc4c3n2)nc(-c2ccc3ccc4ccccc4c3n2)c1. The second kappa shape index (κ2) is 7.46. The fraction of sp³-hybridized carbons (Fsp3) is 0. The van der Waals surface area contributed by atoms with E-state index in [1.807, 2.05) is 30.3 Å². The largest absolute Gasteiger partial charge is 0.245 e. The van der Waals surface area contributed by atoms with E-state index in [0.717, 1.165) is 55.4 Å². The van der Waals surface area contributed by atoms with E-state index in [1.54, 1.807) is 0 Å². The summed E-state index contributed by atoms with van der Waals surface area (Å²) in [4.78, 5) is 15.0. The highest BCUT2D eigenvalue weighted by Gasteiger charge is 2.10. The zero-order valence-corrected chi connectivity index (χ0v) is 18.3. The van der Waals surface area contributed by atoms with Crippen LogP contribution >= 0.6 is 0 Å². The molecule has 3 heteroatoms. The molecule has 0 saturated carbocycles. The van der Waals surface area contributed by atoms with E-state index in [2.05, 4.69) is 84.9 Å². The summed E-state index contributed by atoms with van der Waals surface area (Å²) in [5, 5.41) is 6.94. The highest BCUT2D eigenvalue weighted by Crippen LogP contribution is 2.29. The maximum Gasteiger partial charge on any atom is 0.0894 e. The maximum atomic E-state index is 5.02. The van der Waals surface area contributed by atoms with Gasteiger partial charge in [0.25, 0.3) is 0 Å². The van der Waals surface area contributed by atoms with Crippen LogP contribution in [-0.2, 0) is 0 Å². The minimum Gasteiger partial charge on any atom is -0.245 e. The average molecular weight is 434 g/mol. The van der Waals surface area contributed by atoms with Crippen molar-refractivity contribution in [2.45, 2.75) is 0 Å². The first-order valence-electron chi connectivity index (χ1n) is 11.4. The van der Waals surface area contributed by atoms with Crippen LogP contribution in [0.2, 0.25) is 0 Å². The van der Waals surface area contributed by atoms with Gasteiger partial charge in [0.1, 0.15) is 0 Å². The molecule has 158 valence electrons. The molecular formula is C31H19N3. The van der Waals surface area contributed by atoms with Crippen molar-refractivity contribution < 1.29 is 0 Å². The van der Waals surface area contributed by atoms with Crippen LogP contribution in [0.25, 0.3) is 66.1 Å². The molecule has 0 amide bonds. The molecule has 0 radical (unpaired) electrons. The second-order valence-electron chi connectivity index (χ2n) is 8.52. The number of pyridine rings is 3. The molecule has 4 aromatic carbocycles. The number of hydrogen-bond donors (Lipinski definition) is 0. The minimum atomic E-state index is 0.840. The molecule has 0 fully saturated rings. The van der Waals surface area contributed by atoms with Gasteiger partial charge in [-0.2, -0.15) is 0 Å². The second-order valence-corrected chi connectivity index (χ2v) is 8.52. The first kappa shape index (κ1) is 18.9. The number of hydrogen-bond acceptors (Lipinski definition) is 3. The summed E-state index contributed by atoms with van der Waals surface area (Å²) in [5.74, 6) is 0. The Labute approximate surface area is 196 Å². The number of rotatable bonds is 2. The minimum absolute atomic E-state index is 0.840. The lowest BCUT2D eigenvalue weighted by Gasteiger charge is -2.09. The summed E-state index contributed by atoms with van der Waals surface area (Å²) >= 11 is 0. The Balaban J connectivity index is 1.38. The predicted molar refractivity (Wildman–Crippen MR) is 141 cm³/mol. The van der Waals surface area contributed by atoms with Gasteiger partial charge in [-0.3, -0.25) is 0 Å². The Kier molecular flexibility index (Phi) is 4.15. The highest BCUT2D eigenvalue weighted by atomic mass is 14.8. The summed E-state index contributed by atoms with van der Waals surface area (Å²) in [6, 6.07) is 39.7. The van der Waals surface area contributed by atoms with Crippen molar-refractivity contribution in [3.05, 3.63) is 115 Å². The van der Waals surface area contributed by atoms with Crippen LogP contribution in [0, 0.1) is 0 Å². The molecule has 0 spiro atoms. The van der Waals surface area contributed by atoms with Crippen molar-refractivity contribution in [2.24, 2.45) is 0 Å².